The molecule has 0 aliphatic carbocycles. The number of benzene rings is 1. The lowest BCUT2D eigenvalue weighted by atomic mass is 10.2. The van der Waals surface area contributed by atoms with Gasteiger partial charge in [-0.2, -0.15) is 0 Å². The highest BCUT2D eigenvalue weighted by atomic mass is 32.2. The van der Waals surface area contributed by atoms with Gasteiger partial charge in [0.05, 0.1) is 10.9 Å². The predicted molar refractivity (Wildman–Crippen MR) is 82.2 cm³/mol. The number of carbonyl (C=O) groups excluding carboxylic acids is 2. The lowest BCUT2D eigenvalue weighted by molar-refractivity contribution is -0.120. The molecule has 0 saturated heterocycles. The highest BCUT2D eigenvalue weighted by Gasteiger charge is 2.28. The maximum absolute atomic E-state index is 12.0. The van der Waals surface area contributed by atoms with E-state index >= 15 is 0 Å². The van der Waals surface area contributed by atoms with Crippen LogP contribution in [-0.2, 0) is 9.59 Å². The first-order valence-electron chi connectivity index (χ1n) is 6.50. The van der Waals surface area contributed by atoms with Crippen molar-refractivity contribution in [1.82, 2.24) is 4.98 Å². The lowest BCUT2D eigenvalue weighted by Gasteiger charge is -2.23. The number of fused-ring (bicyclic) bond motifs is 1. The number of anilines is 2. The molecule has 1 aromatic heterocycles. The zero-order valence-electron chi connectivity index (χ0n) is 11.1. The molecule has 5 nitrogen and oxygen atoms in total. The van der Waals surface area contributed by atoms with E-state index in [9.17, 15) is 9.59 Å². The van der Waals surface area contributed by atoms with Crippen LogP contribution in [-0.4, -0.2) is 22.0 Å². The molecule has 0 fully saturated rings. The number of hydrogen-bond donors (Lipinski definition) is 2. The third-order valence-electron chi connectivity index (χ3n) is 3.01. The van der Waals surface area contributed by atoms with Crippen LogP contribution in [0, 0.1) is 0 Å². The quantitative estimate of drug-likeness (QED) is 0.913. The van der Waals surface area contributed by atoms with Crippen molar-refractivity contribution in [2.24, 2.45) is 0 Å². The number of amides is 2. The first-order chi connectivity index (χ1) is 10.2. The highest BCUT2D eigenvalue weighted by Crippen LogP contribution is 2.36. The standard InChI is InChI=1S/C15H13N3O2S/c19-14(18-13-7-3-4-8-16-13)9-12-15(20)17-10-5-1-2-6-11(10)21-12/h1-8,12H,9H2,(H,17,20)(H,16,18,19)/t12-/m1/s1. The number of hydrogen-bond acceptors (Lipinski definition) is 4. The van der Waals surface area contributed by atoms with Gasteiger partial charge in [0.15, 0.2) is 0 Å². The fourth-order valence-corrected chi connectivity index (χ4v) is 3.14. The van der Waals surface area contributed by atoms with Crippen LogP contribution in [0.3, 0.4) is 0 Å². The molecule has 106 valence electrons. The summed E-state index contributed by atoms with van der Waals surface area (Å²) in [6, 6.07) is 12.8. The van der Waals surface area contributed by atoms with Gasteiger partial charge in [-0.15, -0.1) is 11.8 Å². The highest BCUT2D eigenvalue weighted by molar-refractivity contribution is 8.01. The summed E-state index contributed by atoms with van der Waals surface area (Å²) in [5, 5.41) is 5.09. The number of pyridine rings is 1. The Morgan fingerprint density at radius 1 is 1.24 bits per heavy atom. The molecule has 3 rings (SSSR count). The van der Waals surface area contributed by atoms with Gasteiger partial charge in [0.25, 0.3) is 0 Å². The monoisotopic (exact) mass is 299 g/mol. The van der Waals surface area contributed by atoms with Crippen LogP contribution < -0.4 is 10.6 Å². The molecule has 0 radical (unpaired) electrons. The first kappa shape index (κ1) is 13.6. The number of thioether (sulfide) groups is 1. The van der Waals surface area contributed by atoms with Gasteiger partial charge in [-0.3, -0.25) is 9.59 Å². The summed E-state index contributed by atoms with van der Waals surface area (Å²) >= 11 is 1.41. The van der Waals surface area contributed by atoms with Crippen molar-refractivity contribution >= 4 is 35.1 Å². The summed E-state index contributed by atoms with van der Waals surface area (Å²) in [4.78, 5) is 29.0. The SMILES string of the molecule is O=C(C[C@H]1Sc2ccccc2NC1=O)Nc1ccccn1. The molecule has 0 spiro atoms. The van der Waals surface area contributed by atoms with E-state index in [4.69, 9.17) is 0 Å². The number of rotatable bonds is 3. The zero-order chi connectivity index (χ0) is 14.7. The van der Waals surface area contributed by atoms with Gasteiger partial charge in [-0.05, 0) is 24.3 Å². The molecule has 6 heteroatoms. The maximum Gasteiger partial charge on any atom is 0.238 e. The minimum atomic E-state index is -0.427. The topological polar surface area (TPSA) is 71.1 Å². The third-order valence-corrected chi connectivity index (χ3v) is 4.28. The van der Waals surface area contributed by atoms with Crippen molar-refractivity contribution in [3.05, 3.63) is 48.7 Å². The van der Waals surface area contributed by atoms with Crippen LogP contribution in [0.15, 0.2) is 53.6 Å². The number of nitrogens with zero attached hydrogens (tertiary/aromatic N) is 1. The number of carbonyl (C=O) groups is 2. The second-order valence-electron chi connectivity index (χ2n) is 4.56. The zero-order valence-corrected chi connectivity index (χ0v) is 11.9. The Balaban J connectivity index is 1.65. The molecule has 2 heterocycles. The summed E-state index contributed by atoms with van der Waals surface area (Å²) in [5.41, 5.74) is 0.800. The lowest BCUT2D eigenvalue weighted by Crippen LogP contribution is -2.32. The normalized spacial score (nSPS) is 16.8. The summed E-state index contributed by atoms with van der Waals surface area (Å²) in [5.74, 6) is 0.125. The van der Waals surface area contributed by atoms with Crippen LogP contribution in [0.2, 0.25) is 0 Å². The summed E-state index contributed by atoms with van der Waals surface area (Å²) in [6.45, 7) is 0. The summed E-state index contributed by atoms with van der Waals surface area (Å²) in [6.07, 6.45) is 1.72. The molecule has 0 bridgehead atoms. The van der Waals surface area contributed by atoms with E-state index in [2.05, 4.69) is 15.6 Å². The van der Waals surface area contributed by atoms with Crippen molar-refractivity contribution in [2.75, 3.05) is 10.6 Å². The molecule has 0 saturated carbocycles. The van der Waals surface area contributed by atoms with Crippen LogP contribution in [0.25, 0.3) is 0 Å². The Bertz CT molecular complexity index is 676. The van der Waals surface area contributed by atoms with Crippen molar-refractivity contribution in [1.29, 1.82) is 0 Å². The van der Waals surface area contributed by atoms with Gasteiger partial charge in [-0.25, -0.2) is 4.98 Å². The third kappa shape index (κ3) is 3.22. The minimum absolute atomic E-state index is 0.113. The van der Waals surface area contributed by atoms with E-state index < -0.39 is 5.25 Å². The van der Waals surface area contributed by atoms with Gasteiger partial charge in [0, 0.05) is 17.5 Å². The molecular formula is C15H13N3O2S. The first-order valence-corrected chi connectivity index (χ1v) is 7.38. The number of nitrogens with one attached hydrogen (secondary N) is 2. The van der Waals surface area contributed by atoms with E-state index in [0.717, 1.165) is 10.6 Å². The molecule has 2 aromatic rings. The summed E-state index contributed by atoms with van der Waals surface area (Å²) in [7, 11) is 0. The molecule has 1 aliphatic rings. The van der Waals surface area contributed by atoms with E-state index in [0.29, 0.717) is 5.82 Å². The summed E-state index contributed by atoms with van der Waals surface area (Å²) < 4.78 is 0. The van der Waals surface area contributed by atoms with Crippen LogP contribution in [0.4, 0.5) is 11.5 Å². The number of aromatic nitrogens is 1. The molecule has 1 aliphatic heterocycles. The molecule has 1 aromatic carbocycles. The van der Waals surface area contributed by atoms with Gasteiger partial charge in [0.2, 0.25) is 11.8 Å². The fourth-order valence-electron chi connectivity index (χ4n) is 2.03. The van der Waals surface area contributed by atoms with Gasteiger partial charge < -0.3 is 10.6 Å². The predicted octanol–water partition coefficient (Wildman–Crippen LogP) is 2.52. The van der Waals surface area contributed by atoms with E-state index in [-0.39, 0.29) is 18.2 Å². The average molecular weight is 299 g/mol. The molecule has 0 unspecified atom stereocenters. The van der Waals surface area contributed by atoms with Crippen molar-refractivity contribution in [3.63, 3.8) is 0 Å². The Labute approximate surface area is 126 Å². The van der Waals surface area contributed by atoms with E-state index in [1.165, 1.54) is 11.8 Å². The second kappa shape index (κ2) is 5.97. The second-order valence-corrected chi connectivity index (χ2v) is 5.80. The fraction of sp³-hybridized carbons (Fsp3) is 0.133. The minimum Gasteiger partial charge on any atom is -0.324 e. The van der Waals surface area contributed by atoms with Crippen molar-refractivity contribution in [3.8, 4) is 0 Å². The number of para-hydroxylation sites is 1. The van der Waals surface area contributed by atoms with Crippen LogP contribution in [0.5, 0.6) is 0 Å². The Hall–Kier alpha value is -2.34. The molecular weight excluding hydrogens is 286 g/mol. The van der Waals surface area contributed by atoms with Gasteiger partial charge in [-0.1, -0.05) is 18.2 Å². The Morgan fingerprint density at radius 3 is 2.86 bits per heavy atom. The van der Waals surface area contributed by atoms with Crippen molar-refractivity contribution in [2.45, 2.75) is 16.6 Å². The van der Waals surface area contributed by atoms with Crippen LogP contribution in [0.1, 0.15) is 6.42 Å². The van der Waals surface area contributed by atoms with Gasteiger partial charge in [0.1, 0.15) is 5.82 Å². The smallest absolute Gasteiger partial charge is 0.238 e. The average Bonchev–Trinajstić information content (AvgIpc) is 2.49. The molecule has 1 atom stereocenters. The largest absolute Gasteiger partial charge is 0.324 e. The van der Waals surface area contributed by atoms with Gasteiger partial charge >= 0.3 is 0 Å². The van der Waals surface area contributed by atoms with E-state index in [1.807, 2.05) is 24.3 Å². The van der Waals surface area contributed by atoms with E-state index in [1.54, 1.807) is 24.4 Å². The Kier molecular flexibility index (Phi) is 3.87. The maximum atomic E-state index is 12.0. The molecule has 2 amide bonds. The Morgan fingerprint density at radius 2 is 2.05 bits per heavy atom. The van der Waals surface area contributed by atoms with Crippen LogP contribution >= 0.6 is 11.8 Å². The van der Waals surface area contributed by atoms with Crippen molar-refractivity contribution < 1.29 is 9.59 Å². The molecule has 21 heavy (non-hydrogen) atoms. The molecule has 2 N–H and O–H groups in total.